The summed E-state index contributed by atoms with van der Waals surface area (Å²) in [5, 5.41) is 5.17. The summed E-state index contributed by atoms with van der Waals surface area (Å²) in [5.41, 5.74) is 5.55. The number of hydrogen-bond acceptors (Lipinski definition) is 4. The van der Waals surface area contributed by atoms with Gasteiger partial charge in [0.2, 0.25) is 0 Å². The Morgan fingerprint density at radius 2 is 1.82 bits per heavy atom. The highest BCUT2D eigenvalue weighted by Gasteiger charge is 2.14. The van der Waals surface area contributed by atoms with E-state index < -0.39 is 0 Å². The summed E-state index contributed by atoms with van der Waals surface area (Å²) in [4.78, 5) is 17.1. The van der Waals surface area contributed by atoms with Gasteiger partial charge in [-0.2, -0.15) is 0 Å². The number of nitrogens with one attached hydrogen (secondary N) is 2. The smallest absolute Gasteiger partial charge is 0.142 e. The van der Waals surface area contributed by atoms with Crippen LogP contribution in [0.3, 0.4) is 0 Å². The Labute approximate surface area is 166 Å². The second-order valence-corrected chi connectivity index (χ2v) is 6.92. The molecule has 2 aromatic carbocycles. The van der Waals surface area contributed by atoms with E-state index in [0.29, 0.717) is 11.6 Å². The lowest BCUT2D eigenvalue weighted by molar-refractivity contribution is 1.05. The Bertz CT molecular complexity index is 1250. The maximum atomic E-state index is 6.17. The molecule has 0 bridgehead atoms. The number of H-pyrrole nitrogens is 1. The number of pyridine rings is 2. The van der Waals surface area contributed by atoms with Gasteiger partial charge in [-0.3, -0.25) is 9.97 Å². The first-order chi connectivity index (χ1) is 13.8. The first-order valence-corrected chi connectivity index (χ1v) is 9.33. The van der Waals surface area contributed by atoms with Crippen LogP contribution in [0, 0.1) is 0 Å². The predicted octanol–water partition coefficient (Wildman–Crippen LogP) is 5.44. The Morgan fingerprint density at radius 1 is 0.929 bits per heavy atom. The average molecular weight is 386 g/mol. The summed E-state index contributed by atoms with van der Waals surface area (Å²) < 4.78 is 0. The van der Waals surface area contributed by atoms with E-state index in [4.69, 9.17) is 16.6 Å². The number of benzene rings is 2. The lowest BCUT2D eigenvalue weighted by Crippen LogP contribution is -2.04. The zero-order valence-corrected chi connectivity index (χ0v) is 15.6. The molecule has 5 nitrogen and oxygen atoms in total. The fourth-order valence-electron chi connectivity index (χ4n) is 3.30. The molecular formula is C22H16ClN5. The van der Waals surface area contributed by atoms with Crippen molar-refractivity contribution in [3.05, 3.63) is 83.8 Å². The van der Waals surface area contributed by atoms with Crippen LogP contribution >= 0.6 is 11.6 Å². The maximum Gasteiger partial charge on any atom is 0.142 e. The molecule has 0 saturated carbocycles. The normalized spacial score (nSPS) is 11.2. The van der Waals surface area contributed by atoms with E-state index >= 15 is 0 Å². The molecule has 0 spiro atoms. The highest BCUT2D eigenvalue weighted by Crippen LogP contribution is 2.34. The molecule has 5 rings (SSSR count). The van der Waals surface area contributed by atoms with E-state index in [1.165, 1.54) is 0 Å². The number of para-hydroxylation sites is 2. The zero-order valence-electron chi connectivity index (χ0n) is 14.9. The maximum absolute atomic E-state index is 6.17. The van der Waals surface area contributed by atoms with Gasteiger partial charge in [0, 0.05) is 22.8 Å². The number of imidazole rings is 1. The molecule has 5 aromatic rings. The van der Waals surface area contributed by atoms with Gasteiger partial charge in [-0.15, -0.1) is 0 Å². The van der Waals surface area contributed by atoms with Gasteiger partial charge < -0.3 is 10.3 Å². The average Bonchev–Trinajstić information content (AvgIpc) is 3.16. The van der Waals surface area contributed by atoms with Crippen LogP contribution in [0.5, 0.6) is 0 Å². The topological polar surface area (TPSA) is 66.5 Å². The van der Waals surface area contributed by atoms with Gasteiger partial charge >= 0.3 is 0 Å². The van der Waals surface area contributed by atoms with Crippen LogP contribution in [0.1, 0.15) is 5.69 Å². The SMILES string of the molecule is Clc1ccc2c(NCc3ccccn3)c(-c3nc4ccccc4[nH]3)cnc2c1. The summed E-state index contributed by atoms with van der Waals surface area (Å²) in [6, 6.07) is 19.6. The van der Waals surface area contributed by atoms with Gasteiger partial charge in [0.15, 0.2) is 0 Å². The molecule has 0 saturated heterocycles. The molecular weight excluding hydrogens is 370 g/mol. The molecule has 2 N–H and O–H groups in total. The van der Waals surface area contributed by atoms with E-state index in [-0.39, 0.29) is 0 Å². The standard InChI is InChI=1S/C22H16ClN5/c23-14-8-9-16-20(11-14)25-13-17(21(16)26-12-15-5-3-4-10-24-15)22-27-18-6-1-2-7-19(18)28-22/h1-11,13H,12H2,(H,25,26)(H,27,28). The Kier molecular flexibility index (Phi) is 4.14. The predicted molar refractivity (Wildman–Crippen MR) is 113 cm³/mol. The third-order valence-corrected chi connectivity index (χ3v) is 4.88. The number of aromatic nitrogens is 4. The highest BCUT2D eigenvalue weighted by atomic mass is 35.5. The molecule has 0 aliphatic heterocycles. The first-order valence-electron chi connectivity index (χ1n) is 8.95. The van der Waals surface area contributed by atoms with Crippen molar-refractivity contribution in [2.75, 3.05) is 5.32 Å². The van der Waals surface area contributed by atoms with Gasteiger partial charge in [0.25, 0.3) is 0 Å². The van der Waals surface area contributed by atoms with Crippen molar-refractivity contribution in [1.82, 2.24) is 19.9 Å². The summed E-state index contributed by atoms with van der Waals surface area (Å²) in [6.07, 6.45) is 3.62. The zero-order chi connectivity index (χ0) is 18.9. The number of nitrogens with zero attached hydrogens (tertiary/aromatic N) is 3. The summed E-state index contributed by atoms with van der Waals surface area (Å²) in [7, 11) is 0. The minimum absolute atomic E-state index is 0.593. The van der Waals surface area contributed by atoms with Crippen LogP contribution in [-0.2, 0) is 6.54 Å². The highest BCUT2D eigenvalue weighted by molar-refractivity contribution is 6.31. The molecule has 0 radical (unpaired) electrons. The van der Waals surface area contributed by atoms with Crippen LogP contribution in [0.25, 0.3) is 33.3 Å². The van der Waals surface area contributed by atoms with Crippen molar-refractivity contribution in [3.8, 4) is 11.4 Å². The molecule has 0 aliphatic rings. The molecule has 28 heavy (non-hydrogen) atoms. The second kappa shape index (κ2) is 6.94. The number of hydrogen-bond donors (Lipinski definition) is 2. The summed E-state index contributed by atoms with van der Waals surface area (Å²) in [5.74, 6) is 0.772. The summed E-state index contributed by atoms with van der Waals surface area (Å²) in [6.45, 7) is 0.593. The van der Waals surface area contributed by atoms with E-state index in [9.17, 15) is 0 Å². The van der Waals surface area contributed by atoms with Crippen LogP contribution in [0.2, 0.25) is 5.02 Å². The fourth-order valence-corrected chi connectivity index (χ4v) is 3.47. The molecule has 3 aromatic heterocycles. The van der Waals surface area contributed by atoms with E-state index in [1.807, 2.05) is 66.9 Å². The van der Waals surface area contributed by atoms with Crippen molar-refractivity contribution >= 4 is 39.2 Å². The Morgan fingerprint density at radius 3 is 2.68 bits per heavy atom. The molecule has 0 fully saturated rings. The van der Waals surface area contributed by atoms with Crippen molar-refractivity contribution < 1.29 is 0 Å². The van der Waals surface area contributed by atoms with E-state index in [1.54, 1.807) is 6.20 Å². The number of halogens is 1. The third kappa shape index (κ3) is 3.06. The minimum Gasteiger partial charge on any atom is -0.378 e. The number of anilines is 1. The molecule has 3 heterocycles. The monoisotopic (exact) mass is 385 g/mol. The second-order valence-electron chi connectivity index (χ2n) is 6.49. The van der Waals surface area contributed by atoms with Gasteiger partial charge in [-0.25, -0.2) is 4.98 Å². The van der Waals surface area contributed by atoms with Gasteiger partial charge in [0.1, 0.15) is 5.82 Å². The molecule has 0 amide bonds. The largest absolute Gasteiger partial charge is 0.378 e. The van der Waals surface area contributed by atoms with Crippen LogP contribution in [-0.4, -0.2) is 19.9 Å². The van der Waals surface area contributed by atoms with Crippen LogP contribution in [0.15, 0.2) is 73.1 Å². The van der Waals surface area contributed by atoms with Crippen LogP contribution < -0.4 is 5.32 Å². The van der Waals surface area contributed by atoms with E-state index in [0.717, 1.165) is 44.7 Å². The molecule has 0 aliphatic carbocycles. The number of fused-ring (bicyclic) bond motifs is 2. The third-order valence-electron chi connectivity index (χ3n) is 4.65. The van der Waals surface area contributed by atoms with Crippen LogP contribution in [0.4, 0.5) is 5.69 Å². The first kappa shape index (κ1) is 16.7. The van der Waals surface area contributed by atoms with Gasteiger partial charge in [-0.1, -0.05) is 29.8 Å². The van der Waals surface area contributed by atoms with Gasteiger partial charge in [-0.05, 0) is 42.5 Å². The van der Waals surface area contributed by atoms with Crippen molar-refractivity contribution in [2.24, 2.45) is 0 Å². The fraction of sp³-hybridized carbons (Fsp3) is 0.0455. The molecule has 136 valence electrons. The van der Waals surface area contributed by atoms with Crippen molar-refractivity contribution in [3.63, 3.8) is 0 Å². The Balaban J connectivity index is 1.65. The minimum atomic E-state index is 0.593. The van der Waals surface area contributed by atoms with E-state index in [2.05, 4.69) is 20.3 Å². The lowest BCUT2D eigenvalue weighted by atomic mass is 10.1. The number of aromatic amines is 1. The number of rotatable bonds is 4. The molecule has 0 unspecified atom stereocenters. The quantitative estimate of drug-likeness (QED) is 0.432. The van der Waals surface area contributed by atoms with Crippen molar-refractivity contribution in [2.45, 2.75) is 6.54 Å². The molecule has 6 heteroatoms. The molecule has 0 atom stereocenters. The summed E-state index contributed by atoms with van der Waals surface area (Å²) >= 11 is 6.17. The van der Waals surface area contributed by atoms with Gasteiger partial charge in [0.05, 0.1) is 40.0 Å². The Hall–Kier alpha value is -3.44. The lowest BCUT2D eigenvalue weighted by Gasteiger charge is -2.13. The van der Waals surface area contributed by atoms with Crippen molar-refractivity contribution in [1.29, 1.82) is 0 Å².